The maximum Gasteiger partial charge on any atom is 0.262 e. The smallest absolute Gasteiger partial charge is 0.262 e. The summed E-state index contributed by atoms with van der Waals surface area (Å²) in [5, 5.41) is 0.453. The Morgan fingerprint density at radius 3 is 2.24 bits per heavy atom. The Labute approximate surface area is 153 Å². The van der Waals surface area contributed by atoms with Gasteiger partial charge in [-0.2, -0.15) is 0 Å². The Hall–Kier alpha value is -2.12. The molecule has 0 aliphatic heterocycles. The fraction of sp³-hybridized carbons (Fsp3) is 0.294. The molecule has 0 fully saturated rings. The van der Waals surface area contributed by atoms with Gasteiger partial charge in [-0.05, 0) is 30.7 Å². The third-order valence-corrected chi connectivity index (χ3v) is 5.46. The summed E-state index contributed by atoms with van der Waals surface area (Å²) in [4.78, 5) is 1.86. The number of sulfonamides is 1. The molecule has 0 saturated heterocycles. The van der Waals surface area contributed by atoms with Crippen molar-refractivity contribution in [2.45, 2.75) is 11.8 Å². The first-order valence-electron chi connectivity index (χ1n) is 7.42. The second-order valence-electron chi connectivity index (χ2n) is 5.61. The minimum atomic E-state index is -3.85. The fourth-order valence-corrected chi connectivity index (χ4v) is 4.16. The van der Waals surface area contributed by atoms with Crippen molar-refractivity contribution in [1.29, 1.82) is 0 Å². The van der Waals surface area contributed by atoms with Crippen LogP contribution in [0.25, 0.3) is 0 Å². The van der Waals surface area contributed by atoms with E-state index in [1.54, 1.807) is 50.2 Å². The number of aryl methyl sites for hydroxylation is 1. The number of hydrogen-bond acceptors (Lipinski definition) is 5. The number of benzene rings is 2. The van der Waals surface area contributed by atoms with Crippen molar-refractivity contribution in [3.63, 3.8) is 0 Å². The first-order chi connectivity index (χ1) is 11.7. The van der Waals surface area contributed by atoms with E-state index in [0.717, 1.165) is 0 Å². The molecule has 0 aliphatic rings. The summed E-state index contributed by atoms with van der Waals surface area (Å²) in [5.41, 5.74) is 1.52. The Bertz CT molecular complexity index is 882. The molecule has 0 amide bonds. The van der Waals surface area contributed by atoms with Crippen molar-refractivity contribution in [1.82, 2.24) is 0 Å². The molecule has 0 atom stereocenters. The Morgan fingerprint density at radius 1 is 1.08 bits per heavy atom. The molecule has 0 spiro atoms. The quantitative estimate of drug-likeness (QED) is 0.825. The van der Waals surface area contributed by atoms with Crippen LogP contribution in [0.15, 0.2) is 35.2 Å². The lowest BCUT2D eigenvalue weighted by Gasteiger charge is -2.20. The van der Waals surface area contributed by atoms with E-state index in [9.17, 15) is 8.42 Å². The Morgan fingerprint density at radius 2 is 1.68 bits per heavy atom. The van der Waals surface area contributed by atoms with E-state index in [1.165, 1.54) is 20.3 Å². The zero-order valence-electron chi connectivity index (χ0n) is 14.8. The van der Waals surface area contributed by atoms with Gasteiger partial charge in [-0.15, -0.1) is 0 Å². The minimum absolute atomic E-state index is 0.106. The molecule has 6 nitrogen and oxygen atoms in total. The second-order valence-corrected chi connectivity index (χ2v) is 7.67. The van der Waals surface area contributed by atoms with Crippen LogP contribution in [0.2, 0.25) is 5.02 Å². The van der Waals surface area contributed by atoms with Gasteiger partial charge in [0.2, 0.25) is 0 Å². The molecule has 136 valence electrons. The number of para-hydroxylation sites is 1. The van der Waals surface area contributed by atoms with Crippen LogP contribution in [0.5, 0.6) is 11.5 Å². The monoisotopic (exact) mass is 384 g/mol. The fourth-order valence-electron chi connectivity index (χ4n) is 2.50. The van der Waals surface area contributed by atoms with Crippen LogP contribution in [0, 0.1) is 6.92 Å². The predicted molar refractivity (Wildman–Crippen MR) is 101 cm³/mol. The van der Waals surface area contributed by atoms with Gasteiger partial charge in [-0.1, -0.05) is 17.7 Å². The first-order valence-corrected chi connectivity index (χ1v) is 9.28. The molecular weight excluding hydrogens is 364 g/mol. The number of anilines is 2. The largest absolute Gasteiger partial charge is 0.493 e. The summed E-state index contributed by atoms with van der Waals surface area (Å²) in [6.07, 6.45) is 0. The van der Waals surface area contributed by atoms with Crippen LogP contribution < -0.4 is 19.1 Å². The number of methoxy groups -OCH3 is 2. The molecule has 8 heteroatoms. The molecule has 2 rings (SSSR count). The second kappa shape index (κ2) is 7.41. The zero-order chi connectivity index (χ0) is 18.8. The average Bonchev–Trinajstić information content (AvgIpc) is 2.53. The van der Waals surface area contributed by atoms with E-state index in [0.29, 0.717) is 33.5 Å². The maximum absolute atomic E-state index is 12.9. The Balaban J connectivity index is 2.53. The van der Waals surface area contributed by atoms with Crippen LogP contribution >= 0.6 is 11.6 Å². The number of rotatable bonds is 6. The standard InChI is InChI=1S/C17H21ClN2O4S/c1-11-9-14(23-4)15(24-5)10-16(11)25(21,22)19-13-8-6-7-12(18)17(13)20(2)3/h6-10,19H,1-5H3. The van der Waals surface area contributed by atoms with Crippen LogP contribution in [0.1, 0.15) is 5.56 Å². The Kier molecular flexibility index (Phi) is 5.69. The minimum Gasteiger partial charge on any atom is -0.493 e. The molecule has 0 aliphatic carbocycles. The van der Waals surface area contributed by atoms with Crippen molar-refractivity contribution >= 4 is 33.0 Å². The summed E-state index contributed by atoms with van der Waals surface area (Å²) in [5.74, 6) is 0.808. The lowest BCUT2D eigenvalue weighted by atomic mass is 10.2. The predicted octanol–water partition coefficient (Wildman–Crippen LogP) is 3.53. The molecule has 0 unspecified atom stereocenters. The summed E-state index contributed by atoms with van der Waals surface area (Å²) < 4.78 is 38.8. The van der Waals surface area contributed by atoms with E-state index in [-0.39, 0.29) is 4.90 Å². The van der Waals surface area contributed by atoms with Crippen molar-refractivity contribution in [2.75, 3.05) is 37.9 Å². The van der Waals surface area contributed by atoms with Gasteiger partial charge in [0.05, 0.1) is 35.5 Å². The number of ether oxygens (including phenoxy) is 2. The number of nitrogens with one attached hydrogen (secondary N) is 1. The van der Waals surface area contributed by atoms with Gasteiger partial charge in [0.1, 0.15) is 0 Å². The first kappa shape index (κ1) is 19.2. The van der Waals surface area contributed by atoms with Gasteiger partial charge in [-0.25, -0.2) is 8.42 Å². The summed E-state index contributed by atoms with van der Waals surface area (Å²) in [7, 11) is 2.69. The van der Waals surface area contributed by atoms with E-state index in [1.807, 2.05) is 0 Å². The number of hydrogen-bond donors (Lipinski definition) is 1. The summed E-state index contributed by atoms with van der Waals surface area (Å²) in [6.45, 7) is 1.70. The van der Waals surface area contributed by atoms with E-state index in [2.05, 4.69) is 4.72 Å². The molecular formula is C17H21ClN2O4S. The lowest BCUT2D eigenvalue weighted by Crippen LogP contribution is -2.18. The molecule has 2 aromatic carbocycles. The number of halogens is 1. The summed E-state index contributed by atoms with van der Waals surface area (Å²) in [6, 6.07) is 8.12. The van der Waals surface area contributed by atoms with Crippen LogP contribution in [-0.4, -0.2) is 36.7 Å². The summed E-state index contributed by atoms with van der Waals surface area (Å²) >= 11 is 6.20. The van der Waals surface area contributed by atoms with E-state index in [4.69, 9.17) is 21.1 Å². The van der Waals surface area contributed by atoms with Crippen molar-refractivity contribution in [3.05, 3.63) is 40.9 Å². The van der Waals surface area contributed by atoms with Gasteiger partial charge < -0.3 is 14.4 Å². The van der Waals surface area contributed by atoms with Gasteiger partial charge in [0.25, 0.3) is 10.0 Å². The highest BCUT2D eigenvalue weighted by Gasteiger charge is 2.22. The van der Waals surface area contributed by atoms with E-state index >= 15 is 0 Å². The lowest BCUT2D eigenvalue weighted by molar-refractivity contribution is 0.353. The maximum atomic E-state index is 12.9. The highest BCUT2D eigenvalue weighted by molar-refractivity contribution is 7.92. The highest BCUT2D eigenvalue weighted by atomic mass is 35.5. The van der Waals surface area contributed by atoms with Gasteiger partial charge in [-0.3, -0.25) is 4.72 Å². The molecule has 0 heterocycles. The number of nitrogens with zero attached hydrogens (tertiary/aromatic N) is 1. The molecule has 0 saturated carbocycles. The average molecular weight is 385 g/mol. The van der Waals surface area contributed by atoms with Crippen LogP contribution in [-0.2, 0) is 10.0 Å². The molecule has 25 heavy (non-hydrogen) atoms. The molecule has 0 aromatic heterocycles. The molecule has 2 aromatic rings. The van der Waals surface area contributed by atoms with Crippen molar-refractivity contribution < 1.29 is 17.9 Å². The van der Waals surface area contributed by atoms with E-state index < -0.39 is 10.0 Å². The molecule has 0 radical (unpaired) electrons. The van der Waals surface area contributed by atoms with Crippen molar-refractivity contribution in [3.8, 4) is 11.5 Å². The SMILES string of the molecule is COc1cc(C)c(S(=O)(=O)Nc2cccc(Cl)c2N(C)C)cc1OC. The molecule has 1 N–H and O–H groups in total. The normalized spacial score (nSPS) is 11.1. The van der Waals surface area contributed by atoms with Gasteiger partial charge in [0, 0.05) is 20.2 Å². The third kappa shape index (κ3) is 3.93. The van der Waals surface area contributed by atoms with Crippen LogP contribution in [0.3, 0.4) is 0 Å². The topological polar surface area (TPSA) is 67.9 Å². The highest BCUT2D eigenvalue weighted by Crippen LogP contribution is 2.36. The van der Waals surface area contributed by atoms with Crippen LogP contribution in [0.4, 0.5) is 11.4 Å². The zero-order valence-corrected chi connectivity index (χ0v) is 16.3. The van der Waals surface area contributed by atoms with Gasteiger partial charge in [0.15, 0.2) is 11.5 Å². The molecule has 0 bridgehead atoms. The van der Waals surface area contributed by atoms with Crippen molar-refractivity contribution in [2.24, 2.45) is 0 Å². The van der Waals surface area contributed by atoms with Gasteiger partial charge >= 0.3 is 0 Å². The third-order valence-electron chi connectivity index (χ3n) is 3.65.